The van der Waals surface area contributed by atoms with Crippen LogP contribution in [-0.2, 0) is 4.74 Å². The Bertz CT molecular complexity index is 319. The number of carbonyl (C=O) groups excluding carboxylic acids is 1. The van der Waals surface area contributed by atoms with Gasteiger partial charge >= 0.3 is 6.09 Å². The molecule has 1 N–H and O–H groups in total. The van der Waals surface area contributed by atoms with Crippen LogP contribution in [0.1, 0.15) is 34.6 Å². The Morgan fingerprint density at radius 2 is 2.00 bits per heavy atom. The van der Waals surface area contributed by atoms with Crippen LogP contribution < -0.4 is 5.32 Å². The highest BCUT2D eigenvalue weighted by atomic mass is 16.6. The van der Waals surface area contributed by atoms with Gasteiger partial charge in [-0.1, -0.05) is 26.0 Å². The van der Waals surface area contributed by atoms with Gasteiger partial charge in [-0.15, -0.1) is 0 Å². The third-order valence-electron chi connectivity index (χ3n) is 2.11. The molecule has 0 aliphatic heterocycles. The normalized spacial score (nSPS) is 18.6. The fraction of sp³-hybridized carbons (Fsp3) is 0.583. The van der Waals surface area contributed by atoms with Crippen molar-refractivity contribution < 1.29 is 9.53 Å². The van der Waals surface area contributed by atoms with E-state index in [1.165, 1.54) is 0 Å². The van der Waals surface area contributed by atoms with Crippen molar-refractivity contribution in [1.82, 2.24) is 5.32 Å². The molecule has 0 fully saturated rings. The highest BCUT2D eigenvalue weighted by Gasteiger charge is 2.26. The van der Waals surface area contributed by atoms with Crippen LogP contribution in [0.15, 0.2) is 23.9 Å². The molecule has 0 saturated heterocycles. The van der Waals surface area contributed by atoms with E-state index in [0.717, 1.165) is 5.70 Å². The first-order chi connectivity index (χ1) is 6.71. The van der Waals surface area contributed by atoms with Crippen molar-refractivity contribution >= 4 is 6.09 Å². The Kier molecular flexibility index (Phi) is 2.93. The van der Waals surface area contributed by atoms with Crippen molar-refractivity contribution in [1.29, 1.82) is 0 Å². The SMILES string of the molecule is CC(C)(C)OC(=O)NC1=CC=CC1(C)C. The van der Waals surface area contributed by atoms with E-state index in [9.17, 15) is 4.79 Å². The van der Waals surface area contributed by atoms with E-state index in [2.05, 4.69) is 5.32 Å². The third-order valence-corrected chi connectivity index (χ3v) is 2.11. The van der Waals surface area contributed by atoms with E-state index in [4.69, 9.17) is 4.74 Å². The molecule has 1 amide bonds. The van der Waals surface area contributed by atoms with Gasteiger partial charge in [-0.3, -0.25) is 5.32 Å². The number of rotatable bonds is 1. The summed E-state index contributed by atoms with van der Waals surface area (Å²) < 4.78 is 5.17. The second-order valence-electron chi connectivity index (χ2n) is 5.29. The average Bonchev–Trinajstić information content (AvgIpc) is 2.26. The highest BCUT2D eigenvalue weighted by Crippen LogP contribution is 2.30. The van der Waals surface area contributed by atoms with Crippen LogP contribution >= 0.6 is 0 Å². The molecule has 0 unspecified atom stereocenters. The van der Waals surface area contributed by atoms with Gasteiger partial charge in [0.15, 0.2) is 0 Å². The summed E-state index contributed by atoms with van der Waals surface area (Å²) in [6.45, 7) is 9.62. The zero-order valence-electron chi connectivity index (χ0n) is 10.0. The van der Waals surface area contributed by atoms with Gasteiger partial charge in [0.25, 0.3) is 0 Å². The summed E-state index contributed by atoms with van der Waals surface area (Å²) in [6.07, 6.45) is 5.47. The minimum Gasteiger partial charge on any atom is -0.444 e. The number of hydrogen-bond donors (Lipinski definition) is 1. The summed E-state index contributed by atoms with van der Waals surface area (Å²) in [5, 5.41) is 2.76. The summed E-state index contributed by atoms with van der Waals surface area (Å²) in [5.74, 6) is 0. The quantitative estimate of drug-likeness (QED) is 0.721. The molecule has 0 aromatic heterocycles. The van der Waals surface area contributed by atoms with Gasteiger partial charge in [0.05, 0.1) is 0 Å². The number of ether oxygens (including phenoxy) is 1. The van der Waals surface area contributed by atoms with E-state index in [-0.39, 0.29) is 5.41 Å². The lowest BCUT2D eigenvalue weighted by molar-refractivity contribution is 0.0537. The van der Waals surface area contributed by atoms with E-state index in [1.807, 2.05) is 52.8 Å². The zero-order chi connectivity index (χ0) is 11.7. The summed E-state index contributed by atoms with van der Waals surface area (Å²) in [5.41, 5.74) is 0.300. The molecular weight excluding hydrogens is 190 g/mol. The average molecular weight is 209 g/mol. The summed E-state index contributed by atoms with van der Waals surface area (Å²) in [7, 11) is 0. The first-order valence-corrected chi connectivity index (χ1v) is 5.11. The minimum absolute atomic E-state index is 0.114. The molecule has 15 heavy (non-hydrogen) atoms. The predicted molar refractivity (Wildman–Crippen MR) is 60.4 cm³/mol. The van der Waals surface area contributed by atoms with Crippen LogP contribution in [0.4, 0.5) is 4.79 Å². The fourth-order valence-corrected chi connectivity index (χ4v) is 1.31. The van der Waals surface area contributed by atoms with Gasteiger partial charge in [-0.05, 0) is 26.8 Å². The van der Waals surface area contributed by atoms with Gasteiger partial charge in [0.2, 0.25) is 0 Å². The van der Waals surface area contributed by atoms with Crippen LogP contribution in [0, 0.1) is 5.41 Å². The molecule has 0 aromatic rings. The molecule has 84 valence electrons. The maximum Gasteiger partial charge on any atom is 0.411 e. The second-order valence-corrected chi connectivity index (χ2v) is 5.29. The molecule has 0 spiro atoms. The molecular formula is C12H19NO2. The second kappa shape index (κ2) is 3.72. The molecule has 3 heteroatoms. The third kappa shape index (κ3) is 3.42. The molecule has 1 aliphatic carbocycles. The highest BCUT2D eigenvalue weighted by molar-refractivity contribution is 5.71. The van der Waals surface area contributed by atoms with E-state index in [0.29, 0.717) is 0 Å². The Hall–Kier alpha value is -1.25. The Balaban J connectivity index is 2.55. The first kappa shape index (κ1) is 11.8. The number of amides is 1. The van der Waals surface area contributed by atoms with Gasteiger partial charge in [-0.2, -0.15) is 0 Å². The van der Waals surface area contributed by atoms with Crippen LogP contribution in [0.25, 0.3) is 0 Å². The lowest BCUT2D eigenvalue weighted by Gasteiger charge is -2.24. The van der Waals surface area contributed by atoms with E-state index in [1.54, 1.807) is 0 Å². The molecule has 0 atom stereocenters. The standard InChI is InChI=1S/C12H19NO2/c1-11(2,3)15-10(14)13-9-7-6-8-12(9,4)5/h6-8H,1-5H3,(H,13,14). The van der Waals surface area contributed by atoms with Crippen molar-refractivity contribution in [3.05, 3.63) is 23.9 Å². The summed E-state index contributed by atoms with van der Waals surface area (Å²) in [6, 6.07) is 0. The lowest BCUT2D eigenvalue weighted by Crippen LogP contribution is -2.35. The Labute approximate surface area is 91.2 Å². The summed E-state index contributed by atoms with van der Waals surface area (Å²) in [4.78, 5) is 11.5. The smallest absolute Gasteiger partial charge is 0.411 e. The molecule has 3 nitrogen and oxygen atoms in total. The number of carbonyl (C=O) groups is 1. The van der Waals surface area contributed by atoms with Crippen molar-refractivity contribution in [2.75, 3.05) is 0 Å². The Morgan fingerprint density at radius 3 is 2.40 bits per heavy atom. The first-order valence-electron chi connectivity index (χ1n) is 5.11. The number of alkyl carbamates (subject to hydrolysis) is 1. The molecule has 1 rings (SSSR count). The van der Waals surface area contributed by atoms with E-state index < -0.39 is 11.7 Å². The molecule has 0 bridgehead atoms. The number of allylic oxidation sites excluding steroid dienone is 3. The van der Waals surface area contributed by atoms with Gasteiger partial charge in [0, 0.05) is 11.1 Å². The molecule has 0 aromatic carbocycles. The Morgan fingerprint density at radius 1 is 1.40 bits per heavy atom. The predicted octanol–water partition coefficient (Wildman–Crippen LogP) is 2.99. The fourth-order valence-electron chi connectivity index (χ4n) is 1.31. The van der Waals surface area contributed by atoms with Gasteiger partial charge in [0.1, 0.15) is 5.60 Å². The number of nitrogens with one attached hydrogen (secondary N) is 1. The minimum atomic E-state index is -0.458. The van der Waals surface area contributed by atoms with Gasteiger partial charge < -0.3 is 4.74 Å². The number of hydrogen-bond acceptors (Lipinski definition) is 2. The molecule has 1 aliphatic rings. The summed E-state index contributed by atoms with van der Waals surface area (Å²) >= 11 is 0. The maximum atomic E-state index is 11.5. The maximum absolute atomic E-state index is 11.5. The van der Waals surface area contributed by atoms with E-state index >= 15 is 0 Å². The molecule has 0 radical (unpaired) electrons. The van der Waals surface area contributed by atoms with Crippen molar-refractivity contribution in [3.8, 4) is 0 Å². The van der Waals surface area contributed by atoms with Crippen LogP contribution in [0.2, 0.25) is 0 Å². The molecule has 0 saturated carbocycles. The largest absolute Gasteiger partial charge is 0.444 e. The van der Waals surface area contributed by atoms with Crippen LogP contribution in [0.3, 0.4) is 0 Å². The monoisotopic (exact) mass is 209 g/mol. The van der Waals surface area contributed by atoms with Crippen molar-refractivity contribution in [3.63, 3.8) is 0 Å². The van der Waals surface area contributed by atoms with Gasteiger partial charge in [-0.25, -0.2) is 4.79 Å². The zero-order valence-corrected chi connectivity index (χ0v) is 10.0. The van der Waals surface area contributed by atoms with Crippen molar-refractivity contribution in [2.45, 2.75) is 40.2 Å². The van der Waals surface area contributed by atoms with Crippen LogP contribution in [0.5, 0.6) is 0 Å². The molecule has 0 heterocycles. The topological polar surface area (TPSA) is 38.3 Å². The lowest BCUT2D eigenvalue weighted by atomic mass is 9.92. The van der Waals surface area contributed by atoms with Crippen molar-refractivity contribution in [2.24, 2.45) is 5.41 Å². The van der Waals surface area contributed by atoms with Crippen LogP contribution in [-0.4, -0.2) is 11.7 Å².